The molecule has 2 rings (SSSR count). The van der Waals surface area contributed by atoms with Crippen LogP contribution >= 0.6 is 0 Å². The second-order valence-corrected chi connectivity index (χ2v) is 4.57. The van der Waals surface area contributed by atoms with Crippen LogP contribution in [0.4, 0.5) is 13.2 Å². The molecule has 0 spiro atoms. The fourth-order valence-corrected chi connectivity index (χ4v) is 2.10. The number of aryl methyl sites for hydroxylation is 1. The molecule has 1 aromatic carbocycles. The lowest BCUT2D eigenvalue weighted by molar-refractivity contribution is -0.137. The average molecular weight is 256 g/mol. The summed E-state index contributed by atoms with van der Waals surface area (Å²) in [6.45, 7) is 6.64. The van der Waals surface area contributed by atoms with Gasteiger partial charge in [0.2, 0.25) is 0 Å². The number of hydrogen-bond acceptors (Lipinski definition) is 1. The Kier molecular flexibility index (Phi) is 3.09. The van der Waals surface area contributed by atoms with Gasteiger partial charge in [0.15, 0.2) is 0 Å². The molecule has 0 amide bonds. The van der Waals surface area contributed by atoms with Crippen molar-refractivity contribution >= 4 is 11.0 Å². The number of imidazole rings is 1. The monoisotopic (exact) mass is 256 g/mol. The van der Waals surface area contributed by atoms with Gasteiger partial charge in [-0.05, 0) is 25.1 Å². The van der Waals surface area contributed by atoms with Crippen LogP contribution in [-0.2, 0) is 12.7 Å². The van der Waals surface area contributed by atoms with Gasteiger partial charge in [-0.3, -0.25) is 0 Å². The summed E-state index contributed by atoms with van der Waals surface area (Å²) in [6.07, 6.45) is -4.32. The maximum Gasteiger partial charge on any atom is 0.416 e. The highest BCUT2D eigenvalue weighted by Gasteiger charge is 2.31. The van der Waals surface area contributed by atoms with Crippen LogP contribution in [0.2, 0.25) is 0 Å². The van der Waals surface area contributed by atoms with Crippen LogP contribution in [0, 0.1) is 0 Å². The first-order valence-electron chi connectivity index (χ1n) is 5.92. The second kappa shape index (κ2) is 4.30. The molecule has 2 nitrogen and oxygen atoms in total. The van der Waals surface area contributed by atoms with Gasteiger partial charge in [-0.1, -0.05) is 13.8 Å². The summed E-state index contributed by atoms with van der Waals surface area (Å²) in [7, 11) is 0. The molecule has 0 saturated heterocycles. The van der Waals surface area contributed by atoms with E-state index in [9.17, 15) is 13.2 Å². The van der Waals surface area contributed by atoms with Crippen molar-refractivity contribution in [1.82, 2.24) is 9.55 Å². The van der Waals surface area contributed by atoms with Gasteiger partial charge < -0.3 is 4.57 Å². The fraction of sp³-hybridized carbons (Fsp3) is 0.462. The third kappa shape index (κ3) is 2.09. The van der Waals surface area contributed by atoms with E-state index < -0.39 is 11.7 Å². The second-order valence-electron chi connectivity index (χ2n) is 4.57. The van der Waals surface area contributed by atoms with Crippen LogP contribution in [0.1, 0.15) is 38.1 Å². The molecule has 18 heavy (non-hydrogen) atoms. The van der Waals surface area contributed by atoms with Crippen LogP contribution in [0.15, 0.2) is 18.2 Å². The molecule has 2 aromatic rings. The molecular weight excluding hydrogens is 241 g/mol. The molecule has 0 saturated carbocycles. The number of fused-ring (bicyclic) bond motifs is 1. The molecule has 1 aromatic heterocycles. The van der Waals surface area contributed by atoms with E-state index in [1.165, 1.54) is 6.07 Å². The highest BCUT2D eigenvalue weighted by Crippen LogP contribution is 2.32. The number of hydrogen-bond donors (Lipinski definition) is 0. The van der Waals surface area contributed by atoms with Gasteiger partial charge in [0.1, 0.15) is 5.82 Å². The zero-order valence-corrected chi connectivity index (χ0v) is 10.5. The van der Waals surface area contributed by atoms with Crippen molar-refractivity contribution in [2.75, 3.05) is 0 Å². The van der Waals surface area contributed by atoms with Crippen molar-refractivity contribution in [3.8, 4) is 0 Å². The van der Waals surface area contributed by atoms with E-state index in [4.69, 9.17) is 0 Å². The summed E-state index contributed by atoms with van der Waals surface area (Å²) in [6, 6.07) is 3.73. The Morgan fingerprint density at radius 3 is 2.44 bits per heavy atom. The number of rotatable bonds is 2. The quantitative estimate of drug-likeness (QED) is 0.787. The average Bonchev–Trinajstić information content (AvgIpc) is 2.65. The van der Waals surface area contributed by atoms with E-state index in [1.54, 1.807) is 0 Å². The molecule has 5 heteroatoms. The lowest BCUT2D eigenvalue weighted by Gasteiger charge is -2.08. The molecular formula is C13H15F3N2. The maximum atomic E-state index is 12.6. The zero-order chi connectivity index (χ0) is 13.5. The standard InChI is InChI=1S/C13H15F3N2/c1-4-18-11-6-5-9(13(14,15)16)7-10(11)17-12(18)8(2)3/h5-8H,4H2,1-3H3. The summed E-state index contributed by atoms with van der Waals surface area (Å²) in [5.41, 5.74) is 0.524. The number of aromatic nitrogens is 2. The molecule has 0 atom stereocenters. The number of nitrogens with zero attached hydrogens (tertiary/aromatic N) is 2. The maximum absolute atomic E-state index is 12.6. The molecule has 0 aliphatic rings. The summed E-state index contributed by atoms with van der Waals surface area (Å²) in [5, 5.41) is 0. The number of halogens is 3. The minimum absolute atomic E-state index is 0.187. The third-order valence-corrected chi connectivity index (χ3v) is 2.94. The SMILES string of the molecule is CCn1c(C(C)C)nc2cc(C(F)(F)F)ccc21. The number of alkyl halides is 3. The van der Waals surface area contributed by atoms with Crippen LogP contribution in [0.5, 0.6) is 0 Å². The highest BCUT2D eigenvalue weighted by atomic mass is 19.4. The van der Waals surface area contributed by atoms with Gasteiger partial charge in [-0.15, -0.1) is 0 Å². The Labute approximate surface area is 103 Å². The van der Waals surface area contributed by atoms with Gasteiger partial charge in [-0.25, -0.2) is 4.98 Å². The normalized spacial score (nSPS) is 12.6. The molecule has 0 fully saturated rings. The Hall–Kier alpha value is -1.52. The van der Waals surface area contributed by atoms with E-state index in [0.29, 0.717) is 12.1 Å². The fourth-order valence-electron chi connectivity index (χ4n) is 2.10. The summed E-state index contributed by atoms with van der Waals surface area (Å²) in [4.78, 5) is 4.32. The molecule has 98 valence electrons. The van der Waals surface area contributed by atoms with Crippen molar-refractivity contribution in [3.63, 3.8) is 0 Å². The van der Waals surface area contributed by atoms with Crippen molar-refractivity contribution in [2.45, 2.75) is 39.4 Å². The van der Waals surface area contributed by atoms with Gasteiger partial charge in [-0.2, -0.15) is 13.2 Å². The van der Waals surface area contributed by atoms with Crippen LogP contribution in [0.25, 0.3) is 11.0 Å². The Bertz CT molecular complexity index is 567. The van der Waals surface area contributed by atoms with E-state index in [1.807, 2.05) is 25.3 Å². The highest BCUT2D eigenvalue weighted by molar-refractivity contribution is 5.77. The van der Waals surface area contributed by atoms with Crippen molar-refractivity contribution in [2.24, 2.45) is 0 Å². The van der Waals surface area contributed by atoms with E-state index >= 15 is 0 Å². The first-order valence-corrected chi connectivity index (χ1v) is 5.92. The predicted molar refractivity (Wildman–Crippen MR) is 64.5 cm³/mol. The minimum Gasteiger partial charge on any atom is -0.328 e. The van der Waals surface area contributed by atoms with Gasteiger partial charge in [0, 0.05) is 12.5 Å². The Morgan fingerprint density at radius 2 is 1.94 bits per heavy atom. The summed E-state index contributed by atoms with van der Waals surface area (Å²) < 4.78 is 39.8. The van der Waals surface area contributed by atoms with E-state index in [-0.39, 0.29) is 5.92 Å². The molecule has 0 N–H and O–H groups in total. The minimum atomic E-state index is -4.32. The first-order chi connectivity index (χ1) is 8.34. The lowest BCUT2D eigenvalue weighted by Crippen LogP contribution is -2.05. The van der Waals surface area contributed by atoms with Crippen molar-refractivity contribution in [1.29, 1.82) is 0 Å². The smallest absolute Gasteiger partial charge is 0.328 e. The third-order valence-electron chi connectivity index (χ3n) is 2.94. The lowest BCUT2D eigenvalue weighted by atomic mass is 10.2. The molecule has 0 aliphatic carbocycles. The largest absolute Gasteiger partial charge is 0.416 e. The number of benzene rings is 1. The van der Waals surface area contributed by atoms with Crippen LogP contribution in [-0.4, -0.2) is 9.55 Å². The summed E-state index contributed by atoms with van der Waals surface area (Å²) in [5.74, 6) is 1.01. The van der Waals surface area contributed by atoms with Crippen LogP contribution < -0.4 is 0 Å². The van der Waals surface area contributed by atoms with Gasteiger partial charge in [0.25, 0.3) is 0 Å². The molecule has 0 unspecified atom stereocenters. The van der Waals surface area contributed by atoms with Gasteiger partial charge >= 0.3 is 6.18 Å². The molecule has 0 radical (unpaired) electrons. The summed E-state index contributed by atoms with van der Waals surface area (Å²) >= 11 is 0. The zero-order valence-electron chi connectivity index (χ0n) is 10.5. The first kappa shape index (κ1) is 12.9. The van der Waals surface area contributed by atoms with E-state index in [2.05, 4.69) is 4.98 Å². The van der Waals surface area contributed by atoms with Crippen LogP contribution in [0.3, 0.4) is 0 Å². The van der Waals surface area contributed by atoms with E-state index in [0.717, 1.165) is 23.5 Å². The Balaban J connectivity index is 2.66. The Morgan fingerprint density at radius 1 is 1.28 bits per heavy atom. The van der Waals surface area contributed by atoms with Crippen molar-refractivity contribution in [3.05, 3.63) is 29.6 Å². The molecule has 1 heterocycles. The van der Waals surface area contributed by atoms with Crippen molar-refractivity contribution < 1.29 is 13.2 Å². The topological polar surface area (TPSA) is 17.8 Å². The molecule has 0 aliphatic heterocycles. The predicted octanol–water partition coefficient (Wildman–Crippen LogP) is 4.20. The molecule has 0 bridgehead atoms. The van der Waals surface area contributed by atoms with Gasteiger partial charge in [0.05, 0.1) is 16.6 Å².